The Bertz CT molecular complexity index is 997. The van der Waals surface area contributed by atoms with Gasteiger partial charge in [-0.05, 0) is 41.3 Å². The number of halogens is 1. The molecule has 0 spiro atoms. The molecular weight excluding hydrogens is 333 g/mol. The fraction of sp³-hybridized carbons (Fsp3) is 0.200. The predicted molar refractivity (Wildman–Crippen MR) is 96.9 cm³/mol. The molecule has 0 saturated carbocycles. The average Bonchev–Trinajstić information content (AvgIpc) is 3.19. The first-order chi connectivity index (χ1) is 12.5. The highest BCUT2D eigenvalue weighted by Crippen LogP contribution is 2.38. The van der Waals surface area contributed by atoms with E-state index in [1.165, 1.54) is 17.0 Å². The molecule has 1 fully saturated rings. The van der Waals surface area contributed by atoms with E-state index in [-0.39, 0.29) is 24.1 Å². The molecule has 4 rings (SSSR count). The van der Waals surface area contributed by atoms with E-state index in [9.17, 15) is 14.0 Å². The number of amides is 2. The van der Waals surface area contributed by atoms with Crippen LogP contribution in [0.4, 0.5) is 10.1 Å². The van der Waals surface area contributed by atoms with Crippen molar-refractivity contribution in [3.63, 3.8) is 0 Å². The van der Waals surface area contributed by atoms with Gasteiger partial charge in [-0.25, -0.2) is 4.39 Å². The van der Waals surface area contributed by atoms with Gasteiger partial charge in [0.15, 0.2) is 0 Å². The largest absolute Gasteiger partial charge is 0.361 e. The zero-order chi connectivity index (χ0) is 18.3. The highest BCUT2D eigenvalue weighted by molar-refractivity contribution is 5.99. The third-order valence-corrected chi connectivity index (χ3v) is 4.94. The van der Waals surface area contributed by atoms with Crippen molar-refractivity contribution in [3.8, 4) is 0 Å². The Morgan fingerprint density at radius 1 is 1.23 bits per heavy atom. The summed E-state index contributed by atoms with van der Waals surface area (Å²) in [6.07, 6.45) is 1.94. The second kappa shape index (κ2) is 6.29. The second-order valence-corrected chi connectivity index (χ2v) is 6.58. The molecule has 0 unspecified atom stereocenters. The normalized spacial score (nSPS) is 19.9. The number of anilines is 1. The van der Waals surface area contributed by atoms with E-state index in [0.29, 0.717) is 11.3 Å². The summed E-state index contributed by atoms with van der Waals surface area (Å²) in [5.41, 5.74) is 2.20. The van der Waals surface area contributed by atoms with Gasteiger partial charge in [-0.2, -0.15) is 0 Å². The molecule has 1 aliphatic rings. The number of benzene rings is 2. The van der Waals surface area contributed by atoms with Crippen molar-refractivity contribution in [2.45, 2.75) is 12.5 Å². The lowest BCUT2D eigenvalue weighted by molar-refractivity contribution is -0.128. The van der Waals surface area contributed by atoms with E-state index in [2.05, 4.69) is 10.3 Å². The van der Waals surface area contributed by atoms with Crippen LogP contribution < -0.4 is 5.32 Å². The Hall–Kier alpha value is -3.15. The molecule has 2 atom stereocenters. The van der Waals surface area contributed by atoms with Gasteiger partial charge in [-0.1, -0.05) is 18.2 Å². The molecule has 3 aromatic rings. The molecule has 2 aromatic carbocycles. The Morgan fingerprint density at radius 3 is 2.88 bits per heavy atom. The summed E-state index contributed by atoms with van der Waals surface area (Å²) < 4.78 is 13.6. The minimum absolute atomic E-state index is 0.105. The predicted octanol–water partition coefficient (Wildman–Crippen LogP) is 3.47. The molecule has 2 N–H and O–H groups in total. The van der Waals surface area contributed by atoms with Gasteiger partial charge < -0.3 is 15.2 Å². The first-order valence-electron chi connectivity index (χ1n) is 8.42. The van der Waals surface area contributed by atoms with Crippen LogP contribution >= 0.6 is 0 Å². The zero-order valence-electron chi connectivity index (χ0n) is 14.2. The summed E-state index contributed by atoms with van der Waals surface area (Å²) >= 11 is 0. The molecule has 26 heavy (non-hydrogen) atoms. The monoisotopic (exact) mass is 351 g/mol. The van der Waals surface area contributed by atoms with Crippen molar-refractivity contribution >= 4 is 28.4 Å². The average molecular weight is 351 g/mol. The van der Waals surface area contributed by atoms with E-state index in [1.807, 2.05) is 30.5 Å². The van der Waals surface area contributed by atoms with Gasteiger partial charge in [0.1, 0.15) is 5.82 Å². The highest BCUT2D eigenvalue weighted by Gasteiger charge is 2.42. The number of fused-ring (bicyclic) bond motifs is 1. The second-order valence-electron chi connectivity index (χ2n) is 6.58. The molecule has 2 heterocycles. The van der Waals surface area contributed by atoms with Crippen LogP contribution in [-0.2, 0) is 9.59 Å². The van der Waals surface area contributed by atoms with Gasteiger partial charge in [-0.15, -0.1) is 0 Å². The van der Waals surface area contributed by atoms with Gasteiger partial charge in [0.25, 0.3) is 0 Å². The van der Waals surface area contributed by atoms with Gasteiger partial charge in [0, 0.05) is 30.9 Å². The van der Waals surface area contributed by atoms with Crippen LogP contribution in [-0.4, -0.2) is 28.7 Å². The Labute approximate surface area is 149 Å². The van der Waals surface area contributed by atoms with Gasteiger partial charge in [-0.3, -0.25) is 9.59 Å². The standard InChI is InChI=1S/C20H18FN3O2/c1-24-18(25)11-16(19(24)13-3-2-4-14(21)9-13)20(26)23-15-6-5-12-7-8-22-17(12)10-15/h2-10,16,19,22H,11H2,1H3,(H,23,26)/t16-,19+/m0/s1. The van der Waals surface area contributed by atoms with E-state index in [0.717, 1.165) is 10.9 Å². The smallest absolute Gasteiger partial charge is 0.230 e. The molecule has 0 radical (unpaired) electrons. The van der Waals surface area contributed by atoms with Crippen molar-refractivity contribution < 1.29 is 14.0 Å². The number of carbonyl (C=O) groups is 2. The zero-order valence-corrected chi connectivity index (χ0v) is 14.2. The fourth-order valence-electron chi connectivity index (χ4n) is 3.61. The van der Waals surface area contributed by atoms with Crippen LogP contribution in [0.15, 0.2) is 54.7 Å². The van der Waals surface area contributed by atoms with Gasteiger partial charge in [0.05, 0.1) is 12.0 Å². The quantitative estimate of drug-likeness (QED) is 0.759. The number of hydrogen-bond donors (Lipinski definition) is 2. The minimum atomic E-state index is -0.575. The number of carbonyl (C=O) groups excluding carboxylic acids is 2. The Kier molecular flexibility index (Phi) is 3.95. The van der Waals surface area contributed by atoms with Crippen LogP contribution in [0.3, 0.4) is 0 Å². The SMILES string of the molecule is CN1C(=O)C[C@H](C(=O)Nc2ccc3cc[nH]c3c2)[C@H]1c1cccc(F)c1. The fourth-order valence-corrected chi connectivity index (χ4v) is 3.61. The summed E-state index contributed by atoms with van der Waals surface area (Å²) in [6, 6.07) is 13.1. The number of aromatic nitrogens is 1. The molecule has 0 bridgehead atoms. The van der Waals surface area contributed by atoms with Crippen LogP contribution in [0.25, 0.3) is 10.9 Å². The van der Waals surface area contributed by atoms with Crippen molar-refractivity contribution in [1.29, 1.82) is 0 Å². The molecule has 132 valence electrons. The van der Waals surface area contributed by atoms with E-state index in [1.54, 1.807) is 19.2 Å². The van der Waals surface area contributed by atoms with E-state index in [4.69, 9.17) is 0 Å². The first kappa shape index (κ1) is 16.3. The van der Waals surface area contributed by atoms with Crippen LogP contribution in [0.2, 0.25) is 0 Å². The van der Waals surface area contributed by atoms with Crippen LogP contribution in [0, 0.1) is 11.7 Å². The molecule has 6 heteroatoms. The minimum Gasteiger partial charge on any atom is -0.361 e. The summed E-state index contributed by atoms with van der Waals surface area (Å²) in [7, 11) is 1.65. The number of aromatic amines is 1. The van der Waals surface area contributed by atoms with Crippen LogP contribution in [0.5, 0.6) is 0 Å². The Morgan fingerprint density at radius 2 is 2.08 bits per heavy atom. The maximum absolute atomic E-state index is 13.6. The van der Waals surface area contributed by atoms with E-state index >= 15 is 0 Å². The molecule has 5 nitrogen and oxygen atoms in total. The van der Waals surface area contributed by atoms with Crippen molar-refractivity contribution in [2.24, 2.45) is 5.92 Å². The maximum atomic E-state index is 13.6. The van der Waals surface area contributed by atoms with Crippen molar-refractivity contribution in [3.05, 3.63) is 66.1 Å². The lowest BCUT2D eigenvalue weighted by Crippen LogP contribution is -2.30. The van der Waals surface area contributed by atoms with Crippen molar-refractivity contribution in [2.75, 3.05) is 12.4 Å². The topological polar surface area (TPSA) is 65.2 Å². The number of H-pyrrole nitrogens is 1. The first-order valence-corrected chi connectivity index (χ1v) is 8.42. The third-order valence-electron chi connectivity index (χ3n) is 4.94. The van der Waals surface area contributed by atoms with E-state index < -0.39 is 12.0 Å². The maximum Gasteiger partial charge on any atom is 0.230 e. The van der Waals surface area contributed by atoms with Gasteiger partial charge in [0.2, 0.25) is 11.8 Å². The van der Waals surface area contributed by atoms with Crippen molar-refractivity contribution in [1.82, 2.24) is 9.88 Å². The van der Waals surface area contributed by atoms with Crippen LogP contribution in [0.1, 0.15) is 18.0 Å². The summed E-state index contributed by atoms with van der Waals surface area (Å²) in [4.78, 5) is 29.7. The molecule has 1 aliphatic heterocycles. The Balaban J connectivity index is 1.61. The molecule has 2 amide bonds. The third kappa shape index (κ3) is 2.83. The summed E-state index contributed by atoms with van der Waals surface area (Å²) in [5.74, 6) is -1.33. The van der Waals surface area contributed by atoms with Gasteiger partial charge >= 0.3 is 0 Å². The molecular formula is C20H18FN3O2. The molecule has 1 aromatic heterocycles. The summed E-state index contributed by atoms with van der Waals surface area (Å²) in [6.45, 7) is 0. The number of likely N-dealkylation sites (tertiary alicyclic amines) is 1. The lowest BCUT2D eigenvalue weighted by Gasteiger charge is -2.25. The lowest BCUT2D eigenvalue weighted by atomic mass is 9.92. The molecule has 0 aliphatic carbocycles. The number of hydrogen-bond acceptors (Lipinski definition) is 2. The molecule has 1 saturated heterocycles. The number of rotatable bonds is 3. The number of nitrogens with one attached hydrogen (secondary N) is 2. The highest BCUT2D eigenvalue weighted by atomic mass is 19.1. The number of nitrogens with zero attached hydrogens (tertiary/aromatic N) is 1. The summed E-state index contributed by atoms with van der Waals surface area (Å²) in [5, 5.41) is 3.94.